The maximum Gasteiger partial charge on any atom is 0.407 e. The number of hydrogen-bond donors (Lipinski definition) is 2. The predicted octanol–water partition coefficient (Wildman–Crippen LogP) is 3.22. The number of nitrogens with zero attached hydrogens (tertiary/aromatic N) is 2. The molecule has 2 saturated heterocycles. The molecule has 2 fully saturated rings. The second-order valence-corrected chi connectivity index (χ2v) is 8.37. The molecule has 2 N–H and O–H groups in total. The molecule has 0 spiro atoms. The summed E-state index contributed by atoms with van der Waals surface area (Å²) in [7, 11) is 0. The van der Waals surface area contributed by atoms with Gasteiger partial charge in [-0.3, -0.25) is 5.10 Å². The van der Waals surface area contributed by atoms with Crippen LogP contribution in [-0.2, 0) is 16.1 Å². The van der Waals surface area contributed by atoms with Crippen LogP contribution in [0, 0.1) is 0 Å². The average molecular weight is 420 g/mol. The van der Waals surface area contributed by atoms with Crippen molar-refractivity contribution in [1.82, 2.24) is 15.5 Å². The van der Waals surface area contributed by atoms with Gasteiger partial charge in [0.25, 0.3) is 0 Å². The van der Waals surface area contributed by atoms with Crippen LogP contribution < -0.4 is 15.0 Å². The van der Waals surface area contributed by atoms with Crippen molar-refractivity contribution in [3.8, 4) is 17.0 Å². The predicted molar refractivity (Wildman–Crippen MR) is 115 cm³/mol. The van der Waals surface area contributed by atoms with Gasteiger partial charge in [0.2, 0.25) is 0 Å². The molecule has 0 aliphatic carbocycles. The summed E-state index contributed by atoms with van der Waals surface area (Å²) in [6.45, 7) is 2.86. The smallest absolute Gasteiger partial charge is 0.407 e. The molecule has 3 aliphatic rings. The highest BCUT2D eigenvalue weighted by molar-refractivity contribution is 5.94. The topological polar surface area (TPSA) is 88.7 Å². The van der Waals surface area contributed by atoms with Gasteiger partial charge >= 0.3 is 6.09 Å². The van der Waals surface area contributed by atoms with Crippen LogP contribution in [0.25, 0.3) is 22.2 Å². The van der Waals surface area contributed by atoms with E-state index in [1.165, 1.54) is 0 Å². The number of morpholine rings is 1. The van der Waals surface area contributed by atoms with Crippen molar-refractivity contribution in [2.24, 2.45) is 0 Å². The number of aromatic nitrogens is 2. The van der Waals surface area contributed by atoms with Crippen molar-refractivity contribution in [2.75, 3.05) is 31.2 Å². The summed E-state index contributed by atoms with van der Waals surface area (Å²) < 4.78 is 17.1. The van der Waals surface area contributed by atoms with Crippen LogP contribution in [-0.4, -0.2) is 54.7 Å². The van der Waals surface area contributed by atoms with Gasteiger partial charge in [-0.15, -0.1) is 0 Å². The number of aromatic amines is 1. The number of ether oxygens (including phenoxy) is 3. The molecule has 160 valence electrons. The standard InChI is InChI=1S/C23H24N4O4/c28-23-24-4-1-5-29-18-2-3-21-20(10-18)22(26-25-21)15-6-14(12-31-23)7-16(8-15)27-11-19-9-17(27)13-30-19/h2-3,6-8,10,17,19H,1,4-5,9,11-13H2,(H,24,28)(H,25,26)/t17?,19-/m0/s1. The summed E-state index contributed by atoms with van der Waals surface area (Å²) in [5.74, 6) is 0.790. The van der Waals surface area contributed by atoms with E-state index in [-0.39, 0.29) is 6.61 Å². The Balaban J connectivity index is 1.45. The third kappa shape index (κ3) is 3.46. The zero-order valence-corrected chi connectivity index (χ0v) is 17.1. The Morgan fingerprint density at radius 2 is 2.10 bits per heavy atom. The molecule has 2 aromatic carbocycles. The van der Waals surface area contributed by atoms with Crippen LogP contribution in [0.1, 0.15) is 18.4 Å². The van der Waals surface area contributed by atoms with E-state index in [4.69, 9.17) is 14.2 Å². The van der Waals surface area contributed by atoms with E-state index < -0.39 is 6.09 Å². The highest BCUT2D eigenvalue weighted by Gasteiger charge is 2.39. The van der Waals surface area contributed by atoms with E-state index in [1.807, 2.05) is 24.3 Å². The first-order valence-corrected chi connectivity index (χ1v) is 10.8. The fraction of sp³-hybridized carbons (Fsp3) is 0.391. The summed E-state index contributed by atoms with van der Waals surface area (Å²) >= 11 is 0. The minimum atomic E-state index is -0.418. The number of benzene rings is 2. The van der Waals surface area contributed by atoms with Gasteiger partial charge in [-0.25, -0.2) is 4.79 Å². The number of nitrogens with one attached hydrogen (secondary N) is 2. The molecule has 3 aliphatic heterocycles. The Morgan fingerprint density at radius 1 is 1.13 bits per heavy atom. The van der Waals surface area contributed by atoms with Crippen LogP contribution >= 0.6 is 0 Å². The van der Waals surface area contributed by atoms with Crippen LogP contribution in [0.15, 0.2) is 36.4 Å². The molecular weight excluding hydrogens is 396 g/mol. The highest BCUT2D eigenvalue weighted by Crippen LogP contribution is 2.37. The largest absolute Gasteiger partial charge is 0.494 e. The van der Waals surface area contributed by atoms with Crippen LogP contribution in [0.2, 0.25) is 0 Å². The highest BCUT2D eigenvalue weighted by atomic mass is 16.5. The fourth-order valence-electron chi connectivity index (χ4n) is 4.73. The SMILES string of the molecule is O=C1NCCCOc2ccc3[nH]nc(c3c2)-c2cc(cc(N3C[C@@H]4CC3CO4)c2)CO1. The Morgan fingerprint density at radius 3 is 2.97 bits per heavy atom. The van der Waals surface area contributed by atoms with Gasteiger partial charge in [0, 0.05) is 29.7 Å². The number of carbonyl (C=O) groups excluding carboxylic acids is 1. The summed E-state index contributed by atoms with van der Waals surface area (Å²) in [5, 5.41) is 11.5. The molecule has 6 rings (SSSR count). The molecule has 31 heavy (non-hydrogen) atoms. The monoisotopic (exact) mass is 420 g/mol. The number of amides is 1. The molecule has 1 aromatic heterocycles. The zero-order chi connectivity index (χ0) is 20.8. The number of alkyl carbamates (subject to hydrolysis) is 1. The quantitative estimate of drug-likeness (QED) is 0.629. The molecule has 0 radical (unpaired) electrons. The Labute approximate surface area is 179 Å². The van der Waals surface area contributed by atoms with Gasteiger partial charge in [-0.05, 0) is 54.8 Å². The molecule has 1 unspecified atom stereocenters. The summed E-state index contributed by atoms with van der Waals surface area (Å²) in [5.41, 5.74) is 4.85. The number of carbonyl (C=O) groups is 1. The third-order valence-corrected chi connectivity index (χ3v) is 6.25. The molecule has 1 amide bonds. The number of anilines is 1. The zero-order valence-electron chi connectivity index (χ0n) is 17.1. The van der Waals surface area contributed by atoms with Gasteiger partial charge < -0.3 is 24.4 Å². The van der Waals surface area contributed by atoms with Gasteiger partial charge in [-0.2, -0.15) is 5.10 Å². The maximum absolute atomic E-state index is 12.1. The Kier molecular flexibility index (Phi) is 4.45. The first kappa shape index (κ1) is 18.5. The van der Waals surface area contributed by atoms with Crippen molar-refractivity contribution in [3.63, 3.8) is 0 Å². The first-order valence-electron chi connectivity index (χ1n) is 10.8. The molecule has 0 saturated carbocycles. The van der Waals surface area contributed by atoms with Crippen molar-refractivity contribution < 1.29 is 19.0 Å². The fourth-order valence-corrected chi connectivity index (χ4v) is 4.73. The van der Waals surface area contributed by atoms with Crippen molar-refractivity contribution >= 4 is 22.7 Å². The Bertz CT molecular complexity index is 1140. The molecule has 6 bridgehead atoms. The van der Waals surface area contributed by atoms with Gasteiger partial charge in [0.05, 0.1) is 30.9 Å². The van der Waals surface area contributed by atoms with Crippen molar-refractivity contribution in [2.45, 2.75) is 31.6 Å². The average Bonchev–Trinajstić information content (AvgIpc) is 3.52. The molecular formula is C23H24N4O4. The minimum Gasteiger partial charge on any atom is -0.494 e. The maximum atomic E-state index is 12.1. The molecule has 8 heteroatoms. The van der Waals surface area contributed by atoms with Gasteiger partial charge in [0.15, 0.2) is 0 Å². The summed E-state index contributed by atoms with van der Waals surface area (Å²) in [4.78, 5) is 14.5. The molecule has 4 heterocycles. The van der Waals surface area contributed by atoms with E-state index >= 15 is 0 Å². The first-order chi connectivity index (χ1) is 15.2. The number of cyclic esters (lactones) is 1. The summed E-state index contributed by atoms with van der Waals surface area (Å²) in [6, 6.07) is 12.7. The number of rotatable bonds is 1. The van der Waals surface area contributed by atoms with Gasteiger partial charge in [-0.1, -0.05) is 0 Å². The lowest BCUT2D eigenvalue weighted by Gasteiger charge is -2.29. The number of hydrogen-bond acceptors (Lipinski definition) is 6. The summed E-state index contributed by atoms with van der Waals surface area (Å²) in [6.07, 6.45) is 1.64. The van der Waals surface area contributed by atoms with E-state index in [0.717, 1.165) is 58.7 Å². The van der Waals surface area contributed by atoms with E-state index in [1.54, 1.807) is 0 Å². The van der Waals surface area contributed by atoms with Crippen molar-refractivity contribution in [3.05, 3.63) is 42.0 Å². The van der Waals surface area contributed by atoms with Crippen molar-refractivity contribution in [1.29, 1.82) is 0 Å². The molecule has 3 aromatic rings. The van der Waals surface area contributed by atoms with Crippen LogP contribution in [0.3, 0.4) is 0 Å². The normalized spacial score (nSPS) is 23.2. The van der Waals surface area contributed by atoms with E-state index in [2.05, 4.69) is 32.5 Å². The minimum absolute atomic E-state index is 0.204. The lowest BCUT2D eigenvalue weighted by molar-refractivity contribution is 0.0991. The second kappa shape index (κ2) is 7.46. The molecule has 2 atom stereocenters. The lowest BCUT2D eigenvalue weighted by Crippen LogP contribution is -2.37. The lowest BCUT2D eigenvalue weighted by atomic mass is 10.0. The van der Waals surface area contributed by atoms with Crippen LogP contribution in [0.4, 0.5) is 10.5 Å². The van der Waals surface area contributed by atoms with E-state index in [9.17, 15) is 4.79 Å². The number of H-pyrrole nitrogens is 1. The number of fused-ring (bicyclic) bond motifs is 6. The van der Waals surface area contributed by atoms with Gasteiger partial charge in [0.1, 0.15) is 18.1 Å². The second-order valence-electron chi connectivity index (χ2n) is 8.37. The molecule has 8 nitrogen and oxygen atoms in total. The Hall–Kier alpha value is -3.26. The van der Waals surface area contributed by atoms with Crippen LogP contribution in [0.5, 0.6) is 5.75 Å². The van der Waals surface area contributed by atoms with E-state index in [0.29, 0.717) is 31.7 Å². The third-order valence-electron chi connectivity index (χ3n) is 6.25.